The van der Waals surface area contributed by atoms with E-state index in [1.54, 1.807) is 13.8 Å². The van der Waals surface area contributed by atoms with Crippen LogP contribution in [0.15, 0.2) is 12.7 Å². The van der Waals surface area contributed by atoms with Crippen molar-refractivity contribution in [3.63, 3.8) is 0 Å². The number of carboxylic acid groups (broad SMARTS) is 1. The number of alkyl carbamates (subject to hydrolysis) is 1. The highest BCUT2D eigenvalue weighted by molar-refractivity contribution is 5.80. The van der Waals surface area contributed by atoms with Gasteiger partial charge in [0.25, 0.3) is 0 Å². The summed E-state index contributed by atoms with van der Waals surface area (Å²) >= 11 is 0. The molecule has 86 valence electrons. The number of aliphatic carboxylic acids is 1. The van der Waals surface area contributed by atoms with E-state index in [-0.39, 0.29) is 13.3 Å². The van der Waals surface area contributed by atoms with Crippen LogP contribution in [0, 0.1) is 0 Å². The number of rotatable bonds is 4. The first-order chi connectivity index (χ1) is 7.32. The zero-order chi connectivity index (χ0) is 12.8. The molecule has 0 aliphatic carbocycles. The van der Waals surface area contributed by atoms with Crippen molar-refractivity contribution >= 4 is 12.1 Å². The lowest BCUT2D eigenvalue weighted by Gasteiger charge is -2.21. The molecule has 0 heterocycles. The molecule has 15 heavy (non-hydrogen) atoms. The van der Waals surface area contributed by atoms with Crippen LogP contribution in [0.3, 0.4) is 0 Å². The lowest BCUT2D eigenvalue weighted by Crippen LogP contribution is -2.43. The van der Waals surface area contributed by atoms with Crippen molar-refractivity contribution in [1.82, 2.24) is 5.32 Å². The fourth-order valence-corrected chi connectivity index (χ4v) is 0.811. The van der Waals surface area contributed by atoms with E-state index in [9.17, 15) is 9.59 Å². The van der Waals surface area contributed by atoms with Gasteiger partial charge in [-0.2, -0.15) is 0 Å². The summed E-state index contributed by atoms with van der Waals surface area (Å²) in [7, 11) is 0. The van der Waals surface area contributed by atoms with E-state index in [4.69, 9.17) is 11.2 Å². The normalized spacial score (nSPS) is 13.6. The molecule has 1 atom stereocenters. The third-order valence-electron chi connectivity index (χ3n) is 1.36. The molecule has 2 N–H and O–H groups in total. The maximum Gasteiger partial charge on any atom is 0.408 e. The smallest absolute Gasteiger partial charge is 0.408 e. The minimum atomic E-state index is -1.15. The molecule has 0 fully saturated rings. The van der Waals surface area contributed by atoms with Crippen molar-refractivity contribution < 1.29 is 20.8 Å². The number of hydrogen-bond donors (Lipinski definition) is 2. The van der Waals surface area contributed by atoms with Gasteiger partial charge in [0.2, 0.25) is 0 Å². The van der Waals surface area contributed by atoms with Gasteiger partial charge in [-0.25, -0.2) is 9.59 Å². The predicted octanol–water partition coefficient (Wildman–Crippen LogP) is 1.54. The molecule has 0 saturated carbocycles. The van der Waals surface area contributed by atoms with Gasteiger partial charge in [-0.15, -0.1) is 6.58 Å². The first-order valence-corrected chi connectivity index (χ1v) is 4.45. The topological polar surface area (TPSA) is 75.6 Å². The molecule has 0 rings (SSSR count). The fraction of sp³-hybridized carbons (Fsp3) is 0.600. The van der Waals surface area contributed by atoms with Gasteiger partial charge in [0.1, 0.15) is 11.6 Å². The second-order valence-electron chi connectivity index (χ2n) is 3.71. The van der Waals surface area contributed by atoms with E-state index in [0.29, 0.717) is 0 Å². The number of carbonyl (C=O) groups is 2. The standard InChI is InChI=1S/C10H17NO4/c1-5-6-7(8(12)13)11-9(14)15-10(2,3)4/h5,7H,1,6H2,2-4H3,(H,11,14)(H,12,13)/i2D. The third-order valence-corrected chi connectivity index (χ3v) is 1.36. The van der Waals surface area contributed by atoms with Crippen molar-refractivity contribution in [2.45, 2.75) is 38.8 Å². The monoisotopic (exact) mass is 216 g/mol. The second-order valence-corrected chi connectivity index (χ2v) is 3.71. The van der Waals surface area contributed by atoms with Gasteiger partial charge in [0, 0.05) is 1.37 Å². The van der Waals surface area contributed by atoms with Gasteiger partial charge < -0.3 is 15.2 Å². The van der Waals surface area contributed by atoms with E-state index in [1.165, 1.54) is 6.08 Å². The summed E-state index contributed by atoms with van der Waals surface area (Å²) in [6.07, 6.45) is 0.673. The van der Waals surface area contributed by atoms with Gasteiger partial charge >= 0.3 is 12.1 Å². The molecule has 0 aromatic rings. The maximum absolute atomic E-state index is 11.3. The highest BCUT2D eigenvalue weighted by Crippen LogP contribution is 2.07. The Morgan fingerprint density at radius 1 is 1.73 bits per heavy atom. The van der Waals surface area contributed by atoms with Gasteiger partial charge in [0.15, 0.2) is 0 Å². The van der Waals surface area contributed by atoms with Crippen molar-refractivity contribution in [2.24, 2.45) is 0 Å². The summed E-state index contributed by atoms with van der Waals surface area (Å²) in [4.78, 5) is 22.0. The Bertz CT molecular complexity index is 278. The highest BCUT2D eigenvalue weighted by atomic mass is 16.6. The molecular weight excluding hydrogens is 198 g/mol. The minimum Gasteiger partial charge on any atom is -0.480 e. The molecule has 0 spiro atoms. The Morgan fingerprint density at radius 3 is 2.73 bits per heavy atom. The molecule has 1 unspecified atom stereocenters. The SMILES string of the molecule is [2H]CC(C)(C)OC(=O)NC(CC=C)C(=O)O. The van der Waals surface area contributed by atoms with Crippen LogP contribution < -0.4 is 5.32 Å². The molecule has 0 aliphatic heterocycles. The van der Waals surface area contributed by atoms with Crippen LogP contribution in [-0.2, 0) is 9.53 Å². The predicted molar refractivity (Wildman–Crippen MR) is 55.6 cm³/mol. The summed E-state index contributed by atoms with van der Waals surface area (Å²) in [6.45, 7) is 6.44. The first-order valence-electron chi connectivity index (χ1n) is 5.15. The van der Waals surface area contributed by atoms with Crippen LogP contribution in [0.2, 0.25) is 0 Å². The Kier molecular flexibility index (Phi) is 4.15. The van der Waals surface area contributed by atoms with Gasteiger partial charge in [-0.3, -0.25) is 0 Å². The summed E-state index contributed by atoms with van der Waals surface area (Å²) < 4.78 is 12.0. The molecule has 0 bridgehead atoms. The number of hydrogen-bond acceptors (Lipinski definition) is 3. The molecule has 0 aromatic carbocycles. The van der Waals surface area contributed by atoms with Crippen LogP contribution in [0.1, 0.15) is 28.5 Å². The molecule has 0 saturated heterocycles. The number of amides is 1. The Labute approximate surface area is 90.5 Å². The molecule has 5 heteroatoms. The van der Waals surface area contributed by atoms with E-state index >= 15 is 0 Å². The van der Waals surface area contributed by atoms with Gasteiger partial charge in [-0.05, 0) is 27.2 Å². The van der Waals surface area contributed by atoms with Crippen LogP contribution in [0.25, 0.3) is 0 Å². The van der Waals surface area contributed by atoms with Crippen LogP contribution in [0.4, 0.5) is 4.79 Å². The molecule has 1 amide bonds. The second kappa shape index (κ2) is 5.38. The summed E-state index contributed by atoms with van der Waals surface area (Å²) in [5, 5.41) is 10.9. The van der Waals surface area contributed by atoms with Crippen molar-refractivity contribution in [3.8, 4) is 0 Å². The Morgan fingerprint density at radius 2 is 2.33 bits per heavy atom. The molecule has 0 aromatic heterocycles. The highest BCUT2D eigenvalue weighted by Gasteiger charge is 2.22. The van der Waals surface area contributed by atoms with Crippen molar-refractivity contribution in [3.05, 3.63) is 12.7 Å². The van der Waals surface area contributed by atoms with Crippen LogP contribution in [0.5, 0.6) is 0 Å². The zero-order valence-corrected chi connectivity index (χ0v) is 8.95. The van der Waals surface area contributed by atoms with E-state index < -0.39 is 23.7 Å². The lowest BCUT2D eigenvalue weighted by atomic mass is 10.2. The largest absolute Gasteiger partial charge is 0.480 e. The summed E-state index contributed by atoms with van der Waals surface area (Å²) in [5.74, 6) is -1.15. The average molecular weight is 216 g/mol. The van der Waals surface area contributed by atoms with Gasteiger partial charge in [0.05, 0.1) is 0 Å². The van der Waals surface area contributed by atoms with Crippen molar-refractivity contribution in [1.29, 1.82) is 0 Å². The van der Waals surface area contributed by atoms with E-state index in [1.807, 2.05) is 0 Å². The van der Waals surface area contributed by atoms with Crippen molar-refractivity contribution in [2.75, 3.05) is 0 Å². The lowest BCUT2D eigenvalue weighted by molar-refractivity contribution is -0.139. The summed E-state index contributed by atoms with van der Waals surface area (Å²) in [5.41, 5.74) is -0.929. The van der Waals surface area contributed by atoms with E-state index in [2.05, 4.69) is 11.9 Å². The molecule has 0 radical (unpaired) electrons. The summed E-state index contributed by atoms with van der Waals surface area (Å²) in [6, 6.07) is -1.05. The van der Waals surface area contributed by atoms with Gasteiger partial charge in [-0.1, -0.05) is 6.08 Å². The number of nitrogens with one attached hydrogen (secondary N) is 1. The van der Waals surface area contributed by atoms with Crippen LogP contribution in [-0.4, -0.2) is 28.8 Å². The quantitative estimate of drug-likeness (QED) is 0.699. The first kappa shape index (κ1) is 11.6. The van der Waals surface area contributed by atoms with Crippen LogP contribution >= 0.6 is 0 Å². The minimum absolute atomic E-state index is 0.0976. The fourth-order valence-electron chi connectivity index (χ4n) is 0.811. The number of ether oxygens (including phenoxy) is 1. The van der Waals surface area contributed by atoms with E-state index in [0.717, 1.165) is 0 Å². The Hall–Kier alpha value is -1.52. The zero-order valence-electron chi connectivity index (χ0n) is 9.95. The average Bonchev–Trinajstić information content (AvgIpc) is 2.16. The molecule has 5 nitrogen and oxygen atoms in total. The maximum atomic E-state index is 11.3. The Balaban J connectivity index is 4.30. The number of carboxylic acids is 1. The number of carbonyl (C=O) groups excluding carboxylic acids is 1. The molecular formula is C10H17NO4. The molecule has 0 aliphatic rings. The third kappa shape index (κ3) is 6.54.